The van der Waals surface area contributed by atoms with Crippen molar-refractivity contribution in [1.82, 2.24) is 5.43 Å². The third-order valence-electron chi connectivity index (χ3n) is 3.75. The molecule has 2 amide bonds. The number of rotatable bonds is 4. The Morgan fingerprint density at radius 2 is 2.13 bits per heavy atom. The molecule has 6 nitrogen and oxygen atoms in total. The number of nitrogens with one attached hydrogen (secondary N) is 1. The molecule has 0 aliphatic carbocycles. The second kappa shape index (κ2) is 6.48. The molecule has 23 heavy (non-hydrogen) atoms. The second-order valence-corrected chi connectivity index (χ2v) is 5.49. The summed E-state index contributed by atoms with van der Waals surface area (Å²) >= 11 is 0. The maximum Gasteiger partial charge on any atom is 0.245 e. The van der Waals surface area contributed by atoms with Crippen LogP contribution in [-0.4, -0.2) is 24.6 Å². The minimum atomic E-state index is -0.405. The quantitative estimate of drug-likeness (QED) is 0.694. The van der Waals surface area contributed by atoms with Crippen molar-refractivity contribution >= 4 is 23.7 Å². The van der Waals surface area contributed by atoms with Gasteiger partial charge in [0.15, 0.2) is 0 Å². The van der Waals surface area contributed by atoms with Crippen LogP contribution >= 0.6 is 0 Å². The number of nitrogens with zero attached hydrogens (tertiary/aromatic N) is 2. The van der Waals surface area contributed by atoms with E-state index in [0.29, 0.717) is 12.3 Å². The molecule has 0 saturated carbocycles. The van der Waals surface area contributed by atoms with Crippen molar-refractivity contribution in [3.63, 3.8) is 0 Å². The van der Waals surface area contributed by atoms with Crippen molar-refractivity contribution in [3.05, 3.63) is 54.0 Å². The Balaban J connectivity index is 1.60. The van der Waals surface area contributed by atoms with E-state index in [-0.39, 0.29) is 18.2 Å². The normalized spacial score (nSPS) is 17.9. The van der Waals surface area contributed by atoms with Crippen molar-refractivity contribution in [2.45, 2.75) is 13.3 Å². The molecular formula is C17H17N3O3. The number of hydrazone groups is 1. The number of hydrogen-bond acceptors (Lipinski definition) is 4. The number of amides is 2. The topological polar surface area (TPSA) is 74.9 Å². The zero-order valence-electron chi connectivity index (χ0n) is 12.7. The van der Waals surface area contributed by atoms with Gasteiger partial charge in [0.25, 0.3) is 0 Å². The van der Waals surface area contributed by atoms with Crippen LogP contribution < -0.4 is 10.3 Å². The molecule has 6 heteroatoms. The number of benzene rings is 1. The van der Waals surface area contributed by atoms with Crippen LogP contribution in [0.3, 0.4) is 0 Å². The summed E-state index contributed by atoms with van der Waals surface area (Å²) in [7, 11) is 0. The van der Waals surface area contributed by atoms with Crippen LogP contribution in [-0.2, 0) is 9.59 Å². The summed E-state index contributed by atoms with van der Waals surface area (Å²) < 4.78 is 5.08. The first-order valence-electron chi connectivity index (χ1n) is 7.37. The van der Waals surface area contributed by atoms with Crippen molar-refractivity contribution < 1.29 is 14.0 Å². The van der Waals surface area contributed by atoms with E-state index < -0.39 is 5.92 Å². The van der Waals surface area contributed by atoms with Crippen molar-refractivity contribution in [2.24, 2.45) is 11.0 Å². The van der Waals surface area contributed by atoms with Crippen LogP contribution in [0.4, 0.5) is 5.69 Å². The Bertz CT molecular complexity index is 720. The van der Waals surface area contributed by atoms with Gasteiger partial charge in [0.2, 0.25) is 11.8 Å². The highest BCUT2D eigenvalue weighted by Gasteiger charge is 2.35. The van der Waals surface area contributed by atoms with Gasteiger partial charge in [-0.1, -0.05) is 17.7 Å². The van der Waals surface area contributed by atoms with E-state index in [9.17, 15) is 9.59 Å². The first kappa shape index (κ1) is 15.0. The molecule has 1 aromatic carbocycles. The lowest BCUT2D eigenvalue weighted by atomic mass is 10.1. The van der Waals surface area contributed by atoms with E-state index >= 15 is 0 Å². The van der Waals surface area contributed by atoms with Crippen molar-refractivity contribution in [3.8, 4) is 0 Å². The highest BCUT2D eigenvalue weighted by molar-refractivity contribution is 6.00. The monoisotopic (exact) mass is 311 g/mol. The van der Waals surface area contributed by atoms with E-state index in [4.69, 9.17) is 4.42 Å². The van der Waals surface area contributed by atoms with Gasteiger partial charge in [0, 0.05) is 18.7 Å². The lowest BCUT2D eigenvalue weighted by Crippen LogP contribution is -2.30. The fraction of sp³-hybridized carbons (Fsp3) is 0.235. The molecular weight excluding hydrogens is 294 g/mol. The van der Waals surface area contributed by atoms with E-state index in [1.165, 1.54) is 12.5 Å². The molecule has 1 N–H and O–H groups in total. The Morgan fingerprint density at radius 3 is 2.83 bits per heavy atom. The Labute approximate surface area is 133 Å². The zero-order chi connectivity index (χ0) is 16.2. The van der Waals surface area contributed by atoms with E-state index in [2.05, 4.69) is 10.5 Å². The van der Waals surface area contributed by atoms with E-state index in [1.54, 1.807) is 17.0 Å². The van der Waals surface area contributed by atoms with Gasteiger partial charge in [-0.15, -0.1) is 0 Å². The van der Waals surface area contributed by atoms with Gasteiger partial charge in [0.05, 0.1) is 18.4 Å². The minimum Gasteiger partial charge on any atom is -0.463 e. The molecule has 1 atom stereocenters. The number of hydrogen-bond donors (Lipinski definition) is 1. The number of aryl methyl sites for hydroxylation is 1. The van der Waals surface area contributed by atoms with Gasteiger partial charge in [-0.2, -0.15) is 5.10 Å². The van der Waals surface area contributed by atoms with Gasteiger partial charge in [-0.05, 0) is 31.2 Å². The average Bonchev–Trinajstić information content (AvgIpc) is 3.18. The molecule has 1 fully saturated rings. The fourth-order valence-corrected chi connectivity index (χ4v) is 2.47. The van der Waals surface area contributed by atoms with Crippen LogP contribution in [0.5, 0.6) is 0 Å². The maximum absolute atomic E-state index is 12.1. The van der Waals surface area contributed by atoms with Crippen molar-refractivity contribution in [2.75, 3.05) is 11.4 Å². The predicted molar refractivity (Wildman–Crippen MR) is 86.1 cm³/mol. The van der Waals surface area contributed by atoms with E-state index in [1.807, 2.05) is 31.2 Å². The Kier molecular flexibility index (Phi) is 4.23. The highest BCUT2D eigenvalue weighted by atomic mass is 16.3. The molecule has 0 radical (unpaired) electrons. The summed E-state index contributed by atoms with van der Waals surface area (Å²) in [5, 5.41) is 3.84. The molecule has 0 bridgehead atoms. The Morgan fingerprint density at radius 1 is 1.35 bits per heavy atom. The molecule has 0 spiro atoms. The fourth-order valence-electron chi connectivity index (χ4n) is 2.47. The summed E-state index contributed by atoms with van der Waals surface area (Å²) in [5.74, 6) is -0.175. The third kappa shape index (κ3) is 3.48. The molecule has 1 aliphatic rings. The minimum absolute atomic E-state index is 0.0518. The van der Waals surface area contributed by atoms with Crippen LogP contribution in [0.25, 0.3) is 0 Å². The maximum atomic E-state index is 12.1. The van der Waals surface area contributed by atoms with Crippen LogP contribution in [0.2, 0.25) is 0 Å². The summed E-state index contributed by atoms with van der Waals surface area (Å²) in [5.41, 5.74) is 4.40. The third-order valence-corrected chi connectivity index (χ3v) is 3.75. The standard InChI is InChI=1S/C17H17N3O3/c1-12-4-6-14(7-5-12)20-11-13(9-16(20)21)17(22)19-18-10-15-3-2-8-23-15/h2-8,10,13H,9,11H2,1H3,(H,19,22)/b18-10+/t13-/m1/s1. The number of furan rings is 1. The summed E-state index contributed by atoms with van der Waals surface area (Å²) in [6.45, 7) is 2.35. The van der Waals surface area contributed by atoms with E-state index in [0.717, 1.165) is 11.3 Å². The van der Waals surface area contributed by atoms with Gasteiger partial charge >= 0.3 is 0 Å². The van der Waals surface area contributed by atoms with Crippen LogP contribution in [0.15, 0.2) is 52.2 Å². The largest absolute Gasteiger partial charge is 0.463 e. The summed E-state index contributed by atoms with van der Waals surface area (Å²) in [6.07, 6.45) is 3.14. The first-order chi connectivity index (χ1) is 11.1. The van der Waals surface area contributed by atoms with Crippen LogP contribution in [0.1, 0.15) is 17.7 Å². The molecule has 2 heterocycles. The molecule has 3 rings (SSSR count). The molecule has 1 aromatic heterocycles. The summed E-state index contributed by atoms with van der Waals surface area (Å²) in [6, 6.07) is 11.1. The molecule has 118 valence electrons. The van der Waals surface area contributed by atoms with Gasteiger partial charge in [-0.3, -0.25) is 9.59 Å². The Hall–Kier alpha value is -2.89. The van der Waals surface area contributed by atoms with Gasteiger partial charge < -0.3 is 9.32 Å². The molecule has 1 saturated heterocycles. The number of anilines is 1. The first-order valence-corrected chi connectivity index (χ1v) is 7.37. The predicted octanol–water partition coefficient (Wildman–Crippen LogP) is 2.09. The summed E-state index contributed by atoms with van der Waals surface area (Å²) in [4.78, 5) is 25.9. The lowest BCUT2D eigenvalue weighted by Gasteiger charge is -2.16. The van der Waals surface area contributed by atoms with Gasteiger partial charge in [-0.25, -0.2) is 5.43 Å². The van der Waals surface area contributed by atoms with Crippen LogP contribution in [0, 0.1) is 12.8 Å². The average molecular weight is 311 g/mol. The SMILES string of the molecule is Cc1ccc(N2C[C@H](C(=O)N/N=C/c3ccco3)CC2=O)cc1. The molecule has 0 unspecified atom stereocenters. The smallest absolute Gasteiger partial charge is 0.245 e. The lowest BCUT2D eigenvalue weighted by molar-refractivity contribution is -0.126. The number of carbonyl (C=O) groups is 2. The second-order valence-electron chi connectivity index (χ2n) is 5.49. The van der Waals surface area contributed by atoms with Crippen molar-refractivity contribution in [1.29, 1.82) is 0 Å². The number of carbonyl (C=O) groups excluding carboxylic acids is 2. The van der Waals surface area contributed by atoms with Gasteiger partial charge in [0.1, 0.15) is 5.76 Å². The highest BCUT2D eigenvalue weighted by Crippen LogP contribution is 2.25. The zero-order valence-corrected chi connectivity index (χ0v) is 12.7. The molecule has 1 aliphatic heterocycles. The molecule has 2 aromatic rings.